The number of anilines is 2. The number of primary amides is 1. The van der Waals surface area contributed by atoms with E-state index in [1.165, 1.54) is 0 Å². The molecule has 0 aliphatic rings. The van der Waals surface area contributed by atoms with E-state index in [2.05, 4.69) is 5.32 Å². The largest absolute Gasteiger partial charge is 0.399 e. The van der Waals surface area contributed by atoms with Crippen LogP contribution in [-0.2, 0) is 9.53 Å². The lowest BCUT2D eigenvalue weighted by molar-refractivity contribution is -0.119. The van der Waals surface area contributed by atoms with Gasteiger partial charge in [0.15, 0.2) is 0 Å². The Bertz CT molecular complexity index is 491. The van der Waals surface area contributed by atoms with Crippen molar-refractivity contribution in [1.82, 2.24) is 5.32 Å². The number of ether oxygens (including phenoxy) is 1. The van der Waals surface area contributed by atoms with Crippen LogP contribution in [0.4, 0.5) is 11.4 Å². The zero-order valence-corrected chi connectivity index (χ0v) is 11.7. The lowest BCUT2D eigenvalue weighted by Crippen LogP contribution is -2.37. The van der Waals surface area contributed by atoms with Crippen LogP contribution < -0.4 is 21.7 Å². The first kappa shape index (κ1) is 15.8. The minimum absolute atomic E-state index is 0.0907. The molecule has 1 aromatic rings. The van der Waals surface area contributed by atoms with E-state index in [0.717, 1.165) is 0 Å². The minimum Gasteiger partial charge on any atom is -0.399 e. The second-order valence-electron chi connectivity index (χ2n) is 4.34. The van der Waals surface area contributed by atoms with Crippen LogP contribution in [-0.4, -0.2) is 45.7 Å². The molecule has 7 heteroatoms. The van der Waals surface area contributed by atoms with Crippen molar-refractivity contribution in [1.29, 1.82) is 0 Å². The van der Waals surface area contributed by atoms with E-state index in [4.69, 9.17) is 16.2 Å². The number of hydrogen-bond acceptors (Lipinski definition) is 5. The third kappa shape index (κ3) is 4.43. The Morgan fingerprint density at radius 3 is 2.70 bits per heavy atom. The van der Waals surface area contributed by atoms with Crippen molar-refractivity contribution < 1.29 is 14.3 Å². The molecule has 110 valence electrons. The smallest absolute Gasteiger partial charge is 0.250 e. The predicted molar refractivity (Wildman–Crippen MR) is 77.5 cm³/mol. The molecule has 1 aromatic carbocycles. The summed E-state index contributed by atoms with van der Waals surface area (Å²) in [6.45, 7) is 0.969. The highest BCUT2D eigenvalue weighted by Gasteiger charge is 2.14. The molecule has 20 heavy (non-hydrogen) atoms. The average molecular weight is 280 g/mol. The fraction of sp³-hybridized carbons (Fsp3) is 0.385. The van der Waals surface area contributed by atoms with E-state index in [9.17, 15) is 9.59 Å². The van der Waals surface area contributed by atoms with Gasteiger partial charge in [-0.15, -0.1) is 0 Å². The summed E-state index contributed by atoms with van der Waals surface area (Å²) in [5.41, 5.74) is 12.4. The lowest BCUT2D eigenvalue weighted by atomic mass is 10.1. The minimum atomic E-state index is -0.563. The van der Waals surface area contributed by atoms with Crippen LogP contribution in [0.5, 0.6) is 0 Å². The number of benzene rings is 1. The van der Waals surface area contributed by atoms with Gasteiger partial charge in [-0.3, -0.25) is 9.59 Å². The molecule has 0 aliphatic heterocycles. The molecule has 0 aliphatic carbocycles. The van der Waals surface area contributed by atoms with Crippen LogP contribution >= 0.6 is 0 Å². The highest BCUT2D eigenvalue weighted by molar-refractivity contribution is 6.00. The summed E-state index contributed by atoms with van der Waals surface area (Å²) in [4.78, 5) is 24.7. The zero-order valence-electron chi connectivity index (χ0n) is 11.7. The summed E-state index contributed by atoms with van der Waals surface area (Å²) in [5, 5.41) is 2.69. The summed E-state index contributed by atoms with van der Waals surface area (Å²) >= 11 is 0. The summed E-state index contributed by atoms with van der Waals surface area (Å²) in [6.07, 6.45) is 0. The molecule has 0 spiro atoms. The standard InChI is InChI=1S/C13H20N4O3/c1-17(8-12(18)16-5-6-20-2)11-7-9(14)3-4-10(11)13(15)19/h3-4,7H,5-6,8,14H2,1-2H3,(H2,15,19)(H,16,18). The van der Waals surface area contributed by atoms with E-state index in [0.29, 0.717) is 30.1 Å². The van der Waals surface area contributed by atoms with Crippen molar-refractivity contribution >= 4 is 23.2 Å². The molecule has 7 nitrogen and oxygen atoms in total. The number of nitrogens with zero attached hydrogens (tertiary/aromatic N) is 1. The van der Waals surface area contributed by atoms with Crippen molar-refractivity contribution in [2.45, 2.75) is 0 Å². The second kappa shape index (κ2) is 7.34. The fourth-order valence-electron chi connectivity index (χ4n) is 1.72. The molecule has 0 bridgehead atoms. The Balaban J connectivity index is 2.76. The molecular formula is C13H20N4O3. The Morgan fingerprint density at radius 2 is 2.10 bits per heavy atom. The maximum atomic E-state index is 11.7. The van der Waals surface area contributed by atoms with Crippen LogP contribution in [0, 0.1) is 0 Å². The number of carbonyl (C=O) groups is 2. The van der Waals surface area contributed by atoms with Gasteiger partial charge in [0.2, 0.25) is 5.91 Å². The van der Waals surface area contributed by atoms with Gasteiger partial charge < -0.3 is 26.4 Å². The molecule has 1 rings (SSSR count). The number of hydrogen-bond donors (Lipinski definition) is 3. The lowest BCUT2D eigenvalue weighted by Gasteiger charge is -2.21. The third-order valence-electron chi connectivity index (χ3n) is 2.71. The van der Waals surface area contributed by atoms with E-state index < -0.39 is 5.91 Å². The van der Waals surface area contributed by atoms with Gasteiger partial charge in [-0.05, 0) is 18.2 Å². The molecular weight excluding hydrogens is 260 g/mol. The molecule has 0 atom stereocenters. The maximum Gasteiger partial charge on any atom is 0.250 e. The van der Waals surface area contributed by atoms with Crippen LogP contribution in [0.25, 0.3) is 0 Å². The van der Waals surface area contributed by atoms with Gasteiger partial charge in [0.25, 0.3) is 5.91 Å². The second-order valence-corrected chi connectivity index (χ2v) is 4.34. The molecule has 0 saturated carbocycles. The quantitative estimate of drug-likeness (QED) is 0.463. The van der Waals surface area contributed by atoms with Gasteiger partial charge >= 0.3 is 0 Å². The van der Waals surface area contributed by atoms with Crippen molar-refractivity contribution in [3.05, 3.63) is 23.8 Å². The maximum absolute atomic E-state index is 11.7. The normalized spacial score (nSPS) is 10.1. The van der Waals surface area contributed by atoms with Crippen LogP contribution in [0.15, 0.2) is 18.2 Å². The third-order valence-corrected chi connectivity index (χ3v) is 2.71. The highest BCUT2D eigenvalue weighted by atomic mass is 16.5. The van der Waals surface area contributed by atoms with Gasteiger partial charge in [0.05, 0.1) is 24.4 Å². The summed E-state index contributed by atoms with van der Waals surface area (Å²) in [7, 11) is 3.25. The van der Waals surface area contributed by atoms with E-state index in [1.54, 1.807) is 37.3 Å². The Hall–Kier alpha value is -2.28. The zero-order chi connectivity index (χ0) is 15.1. The molecule has 0 fully saturated rings. The number of methoxy groups -OCH3 is 1. The Morgan fingerprint density at radius 1 is 1.40 bits per heavy atom. The number of nitrogens with one attached hydrogen (secondary N) is 1. The monoisotopic (exact) mass is 280 g/mol. The number of amides is 2. The van der Waals surface area contributed by atoms with E-state index in [1.807, 2.05) is 0 Å². The first-order chi connectivity index (χ1) is 9.45. The number of likely N-dealkylation sites (N-methyl/N-ethyl adjacent to an activating group) is 1. The number of nitrogens with two attached hydrogens (primary N) is 2. The van der Waals surface area contributed by atoms with Gasteiger partial charge in [-0.25, -0.2) is 0 Å². The summed E-state index contributed by atoms with van der Waals surface area (Å²) in [6, 6.07) is 4.75. The topological polar surface area (TPSA) is 111 Å². The van der Waals surface area contributed by atoms with Crippen LogP contribution in [0.1, 0.15) is 10.4 Å². The SMILES string of the molecule is COCCNC(=O)CN(C)c1cc(N)ccc1C(N)=O. The number of carbonyl (C=O) groups excluding carboxylic acids is 2. The van der Waals surface area contributed by atoms with Crippen LogP contribution in [0.3, 0.4) is 0 Å². The van der Waals surface area contributed by atoms with Crippen molar-refractivity contribution in [3.8, 4) is 0 Å². The summed E-state index contributed by atoms with van der Waals surface area (Å²) in [5.74, 6) is -0.742. The van der Waals surface area contributed by atoms with Gasteiger partial charge in [-0.2, -0.15) is 0 Å². The predicted octanol–water partition coefficient (Wildman–Crippen LogP) is -0.433. The van der Waals surface area contributed by atoms with E-state index >= 15 is 0 Å². The Labute approximate surface area is 117 Å². The molecule has 0 aromatic heterocycles. The summed E-state index contributed by atoms with van der Waals surface area (Å²) < 4.78 is 4.84. The van der Waals surface area contributed by atoms with Gasteiger partial charge in [-0.1, -0.05) is 0 Å². The molecule has 0 saturated heterocycles. The van der Waals surface area contributed by atoms with Crippen molar-refractivity contribution in [3.63, 3.8) is 0 Å². The molecule has 5 N–H and O–H groups in total. The number of rotatable bonds is 7. The first-order valence-electron chi connectivity index (χ1n) is 6.11. The molecule has 0 heterocycles. The van der Waals surface area contributed by atoms with Gasteiger partial charge in [0.1, 0.15) is 0 Å². The first-order valence-corrected chi connectivity index (χ1v) is 6.11. The number of nitrogen functional groups attached to an aromatic ring is 1. The highest BCUT2D eigenvalue weighted by Crippen LogP contribution is 2.22. The van der Waals surface area contributed by atoms with Crippen LogP contribution in [0.2, 0.25) is 0 Å². The van der Waals surface area contributed by atoms with Gasteiger partial charge in [0, 0.05) is 26.4 Å². The molecule has 0 unspecified atom stereocenters. The Kier molecular flexibility index (Phi) is 5.79. The van der Waals surface area contributed by atoms with Crippen molar-refractivity contribution in [2.75, 3.05) is 44.5 Å². The molecule has 2 amide bonds. The van der Waals surface area contributed by atoms with Crippen molar-refractivity contribution in [2.24, 2.45) is 5.73 Å². The fourth-order valence-corrected chi connectivity index (χ4v) is 1.72. The average Bonchev–Trinajstić information content (AvgIpc) is 2.38. The molecule has 0 radical (unpaired) electrons. The van der Waals surface area contributed by atoms with E-state index in [-0.39, 0.29) is 12.5 Å².